The van der Waals surface area contributed by atoms with Crippen molar-refractivity contribution in [2.75, 3.05) is 33.4 Å². The zero-order valence-corrected chi connectivity index (χ0v) is 9.33. The number of nitrogens with two attached hydrogens (primary N) is 1. The standard InChI is InChI=1S/C8H15F3N2OS/c1-13(5-7(12)15)3-2-4-14-6-8(9,10)11/h2-6H2,1H3,(H2,12,15). The van der Waals surface area contributed by atoms with E-state index in [1.165, 1.54) is 0 Å². The second kappa shape index (κ2) is 6.97. The average Bonchev–Trinajstić information content (AvgIpc) is 1.99. The van der Waals surface area contributed by atoms with E-state index in [1.54, 1.807) is 7.05 Å². The molecule has 90 valence electrons. The lowest BCUT2D eigenvalue weighted by Crippen LogP contribution is -2.30. The number of hydrogen-bond donors (Lipinski definition) is 1. The third-order valence-corrected chi connectivity index (χ3v) is 1.65. The Balaban J connectivity index is 3.35. The molecule has 0 heterocycles. The van der Waals surface area contributed by atoms with E-state index < -0.39 is 12.8 Å². The summed E-state index contributed by atoms with van der Waals surface area (Å²) < 4.78 is 39.4. The first-order valence-corrected chi connectivity index (χ1v) is 4.83. The lowest BCUT2D eigenvalue weighted by atomic mass is 10.4. The zero-order valence-electron chi connectivity index (χ0n) is 8.51. The molecule has 0 saturated heterocycles. The van der Waals surface area contributed by atoms with Gasteiger partial charge in [0.1, 0.15) is 6.61 Å². The highest BCUT2D eigenvalue weighted by Gasteiger charge is 2.27. The van der Waals surface area contributed by atoms with Crippen LogP contribution in [0.25, 0.3) is 0 Å². The number of ether oxygens (including phenoxy) is 1. The molecule has 0 atom stereocenters. The number of hydrogen-bond acceptors (Lipinski definition) is 3. The highest BCUT2D eigenvalue weighted by molar-refractivity contribution is 7.80. The van der Waals surface area contributed by atoms with E-state index in [9.17, 15) is 13.2 Å². The summed E-state index contributed by atoms with van der Waals surface area (Å²) in [5, 5.41) is 0. The molecular weight excluding hydrogens is 229 g/mol. The molecule has 0 aliphatic heterocycles. The van der Waals surface area contributed by atoms with Crippen molar-refractivity contribution in [2.45, 2.75) is 12.6 Å². The Hall–Kier alpha value is -0.400. The van der Waals surface area contributed by atoms with Gasteiger partial charge < -0.3 is 10.5 Å². The van der Waals surface area contributed by atoms with Crippen molar-refractivity contribution in [3.8, 4) is 0 Å². The maximum Gasteiger partial charge on any atom is 0.411 e. The molecule has 0 amide bonds. The molecule has 0 bridgehead atoms. The van der Waals surface area contributed by atoms with Crippen LogP contribution in [-0.2, 0) is 4.74 Å². The smallest absolute Gasteiger partial charge is 0.392 e. The van der Waals surface area contributed by atoms with Gasteiger partial charge in [-0.2, -0.15) is 13.2 Å². The first-order valence-electron chi connectivity index (χ1n) is 4.42. The Morgan fingerprint density at radius 2 is 2.07 bits per heavy atom. The van der Waals surface area contributed by atoms with Gasteiger partial charge in [0.2, 0.25) is 0 Å². The van der Waals surface area contributed by atoms with E-state index in [0.717, 1.165) is 0 Å². The normalized spacial score (nSPS) is 12.1. The summed E-state index contributed by atoms with van der Waals surface area (Å²) in [5.41, 5.74) is 5.29. The zero-order chi connectivity index (χ0) is 11.9. The van der Waals surface area contributed by atoms with E-state index in [2.05, 4.69) is 17.0 Å². The Labute approximate surface area is 92.4 Å². The molecule has 15 heavy (non-hydrogen) atoms. The highest BCUT2D eigenvalue weighted by atomic mass is 32.1. The molecule has 0 aliphatic rings. The summed E-state index contributed by atoms with van der Waals surface area (Å²) >= 11 is 4.68. The van der Waals surface area contributed by atoms with Crippen molar-refractivity contribution >= 4 is 17.2 Å². The van der Waals surface area contributed by atoms with E-state index in [1.807, 2.05) is 4.90 Å². The van der Waals surface area contributed by atoms with Crippen LogP contribution in [0.1, 0.15) is 6.42 Å². The van der Waals surface area contributed by atoms with Crippen molar-refractivity contribution in [2.24, 2.45) is 5.73 Å². The van der Waals surface area contributed by atoms with Crippen molar-refractivity contribution in [3.05, 3.63) is 0 Å². The Morgan fingerprint density at radius 3 is 2.53 bits per heavy atom. The number of nitrogens with zero attached hydrogens (tertiary/aromatic N) is 1. The first-order chi connectivity index (χ1) is 6.81. The lowest BCUT2D eigenvalue weighted by molar-refractivity contribution is -0.174. The number of halogens is 3. The monoisotopic (exact) mass is 244 g/mol. The summed E-state index contributed by atoms with van der Waals surface area (Å²) in [6, 6.07) is 0. The third-order valence-electron chi connectivity index (χ3n) is 1.52. The first kappa shape index (κ1) is 14.6. The van der Waals surface area contributed by atoms with Gasteiger partial charge in [-0.05, 0) is 13.5 Å². The fourth-order valence-corrected chi connectivity index (χ4v) is 1.19. The second-order valence-electron chi connectivity index (χ2n) is 3.23. The Kier molecular flexibility index (Phi) is 6.78. The number of likely N-dealkylation sites (N-methyl/N-ethyl adjacent to an activating group) is 1. The summed E-state index contributed by atoms with van der Waals surface area (Å²) in [5.74, 6) is 0. The van der Waals surface area contributed by atoms with Crippen LogP contribution in [-0.4, -0.2) is 49.4 Å². The molecule has 0 spiro atoms. The van der Waals surface area contributed by atoms with Gasteiger partial charge in [0, 0.05) is 19.7 Å². The van der Waals surface area contributed by atoms with E-state index in [0.29, 0.717) is 24.5 Å². The molecule has 0 fully saturated rings. The maximum absolute atomic E-state index is 11.6. The van der Waals surface area contributed by atoms with Crippen LogP contribution in [0.3, 0.4) is 0 Å². The Morgan fingerprint density at radius 1 is 1.47 bits per heavy atom. The molecule has 0 rings (SSSR count). The molecule has 0 radical (unpaired) electrons. The topological polar surface area (TPSA) is 38.5 Å². The van der Waals surface area contributed by atoms with Gasteiger partial charge in [-0.3, -0.25) is 4.90 Å². The van der Waals surface area contributed by atoms with Gasteiger partial charge in [-0.15, -0.1) is 0 Å². The summed E-state index contributed by atoms with van der Waals surface area (Å²) in [6.45, 7) is -0.0308. The number of rotatable bonds is 7. The lowest BCUT2D eigenvalue weighted by Gasteiger charge is -2.15. The SMILES string of the molecule is CN(CCCOCC(F)(F)F)CC(N)=S. The minimum Gasteiger partial charge on any atom is -0.392 e. The van der Waals surface area contributed by atoms with Crippen molar-refractivity contribution in [1.82, 2.24) is 4.90 Å². The third kappa shape index (κ3) is 11.5. The Bertz CT molecular complexity index is 199. The van der Waals surface area contributed by atoms with Crippen LogP contribution in [0.15, 0.2) is 0 Å². The molecule has 7 heteroatoms. The number of alkyl halides is 3. The number of thiocarbonyl (C=S) groups is 1. The molecule has 0 aromatic rings. The molecule has 0 unspecified atom stereocenters. The average molecular weight is 244 g/mol. The predicted octanol–water partition coefficient (Wildman–Crippen LogP) is 1.17. The molecule has 0 aromatic carbocycles. The maximum atomic E-state index is 11.6. The summed E-state index contributed by atoms with van der Waals surface area (Å²) in [4.78, 5) is 2.20. The van der Waals surface area contributed by atoms with Crippen LogP contribution >= 0.6 is 12.2 Å². The van der Waals surface area contributed by atoms with E-state index >= 15 is 0 Å². The fourth-order valence-electron chi connectivity index (χ4n) is 0.970. The van der Waals surface area contributed by atoms with Crippen molar-refractivity contribution in [1.29, 1.82) is 0 Å². The fraction of sp³-hybridized carbons (Fsp3) is 0.875. The second-order valence-corrected chi connectivity index (χ2v) is 3.75. The summed E-state index contributed by atoms with van der Waals surface area (Å²) in [7, 11) is 1.79. The van der Waals surface area contributed by atoms with Gasteiger partial charge in [0.25, 0.3) is 0 Å². The van der Waals surface area contributed by atoms with Crippen molar-refractivity contribution in [3.63, 3.8) is 0 Å². The molecule has 0 aliphatic carbocycles. The highest BCUT2D eigenvalue weighted by Crippen LogP contribution is 2.14. The van der Waals surface area contributed by atoms with Crippen LogP contribution < -0.4 is 5.73 Å². The minimum absolute atomic E-state index is 0.0845. The van der Waals surface area contributed by atoms with Crippen LogP contribution in [0.4, 0.5) is 13.2 Å². The van der Waals surface area contributed by atoms with Crippen LogP contribution in [0.2, 0.25) is 0 Å². The molecule has 0 saturated carbocycles. The quantitative estimate of drug-likeness (QED) is 0.539. The molecule has 2 N–H and O–H groups in total. The molecule has 3 nitrogen and oxygen atoms in total. The van der Waals surface area contributed by atoms with Gasteiger partial charge in [0.15, 0.2) is 0 Å². The van der Waals surface area contributed by atoms with Gasteiger partial charge in [0.05, 0.1) is 4.99 Å². The van der Waals surface area contributed by atoms with E-state index in [4.69, 9.17) is 5.73 Å². The van der Waals surface area contributed by atoms with Crippen LogP contribution in [0, 0.1) is 0 Å². The largest absolute Gasteiger partial charge is 0.411 e. The molecular formula is C8H15F3N2OS. The van der Waals surface area contributed by atoms with E-state index in [-0.39, 0.29) is 6.61 Å². The van der Waals surface area contributed by atoms with Gasteiger partial charge in [-0.25, -0.2) is 0 Å². The predicted molar refractivity (Wildman–Crippen MR) is 55.8 cm³/mol. The van der Waals surface area contributed by atoms with Gasteiger partial charge in [-0.1, -0.05) is 12.2 Å². The van der Waals surface area contributed by atoms with Crippen LogP contribution in [0.5, 0.6) is 0 Å². The van der Waals surface area contributed by atoms with Gasteiger partial charge >= 0.3 is 6.18 Å². The minimum atomic E-state index is -4.25. The molecule has 0 aromatic heterocycles. The van der Waals surface area contributed by atoms with Crippen molar-refractivity contribution < 1.29 is 17.9 Å². The summed E-state index contributed by atoms with van der Waals surface area (Å²) in [6.07, 6.45) is -3.72.